The summed E-state index contributed by atoms with van der Waals surface area (Å²) in [5, 5.41) is 6.21. The molecule has 21 heavy (non-hydrogen) atoms. The highest BCUT2D eigenvalue weighted by molar-refractivity contribution is 5.97. The largest absolute Gasteiger partial charge is 0.434 e. The first kappa shape index (κ1) is 15.7. The Bertz CT molecular complexity index is 476. The Hall–Kier alpha value is -1.69. The summed E-state index contributed by atoms with van der Waals surface area (Å²) in [4.78, 5) is 12.2. The minimum atomic E-state index is -2.95. The summed E-state index contributed by atoms with van der Waals surface area (Å²) in [6.07, 6.45) is 3.27. The second kappa shape index (κ2) is 7.36. The third-order valence-electron chi connectivity index (χ3n) is 3.66. The van der Waals surface area contributed by atoms with Crippen molar-refractivity contribution in [3.63, 3.8) is 0 Å². The number of nitrogens with one attached hydrogen (secondary N) is 2. The minimum Gasteiger partial charge on any atom is -0.434 e. The molecule has 1 aromatic rings. The van der Waals surface area contributed by atoms with Gasteiger partial charge in [0.1, 0.15) is 5.75 Å². The third kappa shape index (κ3) is 4.39. The smallest absolute Gasteiger partial charge is 0.387 e. The van der Waals surface area contributed by atoms with E-state index < -0.39 is 12.5 Å². The predicted octanol–water partition coefficient (Wildman–Crippen LogP) is 2.55. The molecule has 0 saturated carbocycles. The molecular formula is C15H20F2N2O2. The van der Waals surface area contributed by atoms with Crippen LogP contribution in [0.5, 0.6) is 5.75 Å². The zero-order valence-corrected chi connectivity index (χ0v) is 11.9. The molecule has 0 bridgehead atoms. The fourth-order valence-corrected chi connectivity index (χ4v) is 2.54. The summed E-state index contributed by atoms with van der Waals surface area (Å²) >= 11 is 0. The molecule has 0 radical (unpaired) electrons. The lowest BCUT2D eigenvalue weighted by atomic mass is 9.99. The van der Waals surface area contributed by atoms with Crippen LogP contribution in [0.2, 0.25) is 0 Å². The molecule has 1 saturated heterocycles. The number of alkyl halides is 2. The summed E-state index contributed by atoms with van der Waals surface area (Å²) < 4.78 is 29.1. The van der Waals surface area contributed by atoms with Crippen LogP contribution >= 0.6 is 0 Å². The Morgan fingerprint density at radius 3 is 2.81 bits per heavy atom. The first-order valence-corrected chi connectivity index (χ1v) is 7.16. The van der Waals surface area contributed by atoms with Crippen LogP contribution in [0, 0.1) is 0 Å². The Balaban J connectivity index is 2.02. The number of carbonyl (C=O) groups is 1. The first-order valence-electron chi connectivity index (χ1n) is 7.16. The SMILES string of the molecule is CC(NC(=O)c1ccccc1OC(F)F)C1CCCCN1. The lowest BCUT2D eigenvalue weighted by molar-refractivity contribution is -0.0501. The number of benzene rings is 1. The van der Waals surface area contributed by atoms with Crippen molar-refractivity contribution in [2.75, 3.05) is 6.54 Å². The van der Waals surface area contributed by atoms with Crippen LogP contribution in [0.3, 0.4) is 0 Å². The van der Waals surface area contributed by atoms with Crippen molar-refractivity contribution in [3.8, 4) is 5.75 Å². The predicted molar refractivity (Wildman–Crippen MR) is 75.6 cm³/mol. The summed E-state index contributed by atoms with van der Waals surface area (Å²) in [5.41, 5.74) is 0.125. The van der Waals surface area contributed by atoms with Crippen LogP contribution in [-0.4, -0.2) is 31.1 Å². The number of ether oxygens (including phenoxy) is 1. The van der Waals surface area contributed by atoms with Gasteiger partial charge in [-0.2, -0.15) is 8.78 Å². The summed E-state index contributed by atoms with van der Waals surface area (Å²) in [5.74, 6) is -0.500. The van der Waals surface area contributed by atoms with Gasteiger partial charge in [0, 0.05) is 12.1 Å². The first-order chi connectivity index (χ1) is 10.1. The van der Waals surface area contributed by atoms with Gasteiger partial charge in [-0.1, -0.05) is 18.6 Å². The van der Waals surface area contributed by atoms with Crippen molar-refractivity contribution in [3.05, 3.63) is 29.8 Å². The van der Waals surface area contributed by atoms with E-state index in [0.29, 0.717) is 0 Å². The molecule has 1 aliphatic rings. The van der Waals surface area contributed by atoms with Crippen molar-refractivity contribution < 1.29 is 18.3 Å². The Morgan fingerprint density at radius 1 is 1.38 bits per heavy atom. The van der Waals surface area contributed by atoms with Gasteiger partial charge in [-0.15, -0.1) is 0 Å². The van der Waals surface area contributed by atoms with E-state index in [4.69, 9.17) is 0 Å². The molecule has 4 nitrogen and oxygen atoms in total. The van der Waals surface area contributed by atoms with Gasteiger partial charge in [0.15, 0.2) is 0 Å². The van der Waals surface area contributed by atoms with E-state index in [1.807, 2.05) is 6.92 Å². The highest BCUT2D eigenvalue weighted by Crippen LogP contribution is 2.20. The van der Waals surface area contributed by atoms with E-state index in [1.165, 1.54) is 12.1 Å². The molecule has 1 fully saturated rings. The molecule has 2 atom stereocenters. The van der Waals surface area contributed by atoms with Gasteiger partial charge in [0.05, 0.1) is 5.56 Å². The molecule has 2 N–H and O–H groups in total. The van der Waals surface area contributed by atoms with Crippen molar-refractivity contribution in [1.82, 2.24) is 10.6 Å². The Labute approximate surface area is 122 Å². The topological polar surface area (TPSA) is 50.4 Å². The maximum Gasteiger partial charge on any atom is 0.387 e. The maximum absolute atomic E-state index is 12.4. The van der Waals surface area contributed by atoms with Crippen LogP contribution in [-0.2, 0) is 0 Å². The number of hydrogen-bond acceptors (Lipinski definition) is 3. The molecule has 1 aliphatic heterocycles. The quantitative estimate of drug-likeness (QED) is 0.878. The monoisotopic (exact) mass is 298 g/mol. The van der Waals surface area contributed by atoms with Gasteiger partial charge in [-0.05, 0) is 38.4 Å². The highest BCUT2D eigenvalue weighted by atomic mass is 19.3. The van der Waals surface area contributed by atoms with Gasteiger partial charge in [0.25, 0.3) is 5.91 Å². The molecule has 6 heteroatoms. The van der Waals surface area contributed by atoms with E-state index in [1.54, 1.807) is 12.1 Å². The standard InChI is InChI=1S/C15H20F2N2O2/c1-10(12-7-4-5-9-18-12)19-14(20)11-6-2-3-8-13(11)21-15(16)17/h2-3,6,8,10,12,15,18H,4-5,7,9H2,1H3,(H,19,20). The molecule has 0 aromatic heterocycles. The van der Waals surface area contributed by atoms with Gasteiger partial charge >= 0.3 is 6.61 Å². The van der Waals surface area contributed by atoms with Crippen molar-refractivity contribution >= 4 is 5.91 Å². The molecule has 2 unspecified atom stereocenters. The molecular weight excluding hydrogens is 278 g/mol. The van der Waals surface area contributed by atoms with Crippen LogP contribution < -0.4 is 15.4 Å². The second-order valence-corrected chi connectivity index (χ2v) is 5.19. The zero-order chi connectivity index (χ0) is 15.2. The molecule has 1 heterocycles. The van der Waals surface area contributed by atoms with Crippen LogP contribution in [0.15, 0.2) is 24.3 Å². The Kier molecular flexibility index (Phi) is 5.50. The van der Waals surface area contributed by atoms with Crippen LogP contribution in [0.1, 0.15) is 36.5 Å². The average molecular weight is 298 g/mol. The normalized spacial score (nSPS) is 20.1. The lowest BCUT2D eigenvalue weighted by Gasteiger charge is -2.29. The van der Waals surface area contributed by atoms with Crippen LogP contribution in [0.25, 0.3) is 0 Å². The Morgan fingerprint density at radius 2 is 2.14 bits per heavy atom. The number of amides is 1. The number of hydrogen-bond donors (Lipinski definition) is 2. The summed E-state index contributed by atoms with van der Waals surface area (Å²) in [6.45, 7) is -0.0932. The van der Waals surface area contributed by atoms with Crippen molar-refractivity contribution in [2.24, 2.45) is 0 Å². The van der Waals surface area contributed by atoms with E-state index in [9.17, 15) is 13.6 Å². The number of rotatable bonds is 5. The number of halogens is 2. The fourth-order valence-electron chi connectivity index (χ4n) is 2.54. The second-order valence-electron chi connectivity index (χ2n) is 5.19. The average Bonchev–Trinajstić information content (AvgIpc) is 2.48. The number of para-hydroxylation sites is 1. The molecule has 1 amide bonds. The minimum absolute atomic E-state index is 0.0718. The van der Waals surface area contributed by atoms with Crippen molar-refractivity contribution in [2.45, 2.75) is 44.9 Å². The van der Waals surface area contributed by atoms with Gasteiger partial charge in [-0.25, -0.2) is 0 Å². The van der Waals surface area contributed by atoms with E-state index >= 15 is 0 Å². The van der Waals surface area contributed by atoms with Gasteiger partial charge in [-0.3, -0.25) is 4.79 Å². The third-order valence-corrected chi connectivity index (χ3v) is 3.66. The van der Waals surface area contributed by atoms with Crippen molar-refractivity contribution in [1.29, 1.82) is 0 Å². The van der Waals surface area contributed by atoms with E-state index in [-0.39, 0.29) is 23.4 Å². The zero-order valence-electron chi connectivity index (χ0n) is 11.9. The number of carbonyl (C=O) groups excluding carboxylic acids is 1. The van der Waals surface area contributed by atoms with Gasteiger partial charge in [0.2, 0.25) is 0 Å². The lowest BCUT2D eigenvalue weighted by Crippen LogP contribution is -2.50. The van der Waals surface area contributed by atoms with E-state index in [2.05, 4.69) is 15.4 Å². The molecule has 2 rings (SSSR count). The van der Waals surface area contributed by atoms with E-state index in [0.717, 1.165) is 25.8 Å². The molecule has 0 spiro atoms. The molecule has 116 valence electrons. The summed E-state index contributed by atoms with van der Waals surface area (Å²) in [6, 6.07) is 6.17. The molecule has 0 aliphatic carbocycles. The maximum atomic E-state index is 12.4. The fraction of sp³-hybridized carbons (Fsp3) is 0.533. The highest BCUT2D eigenvalue weighted by Gasteiger charge is 2.23. The summed E-state index contributed by atoms with van der Waals surface area (Å²) in [7, 11) is 0. The van der Waals surface area contributed by atoms with Gasteiger partial charge < -0.3 is 15.4 Å². The number of piperidine rings is 1. The molecule has 1 aromatic carbocycles. The van der Waals surface area contributed by atoms with Crippen LogP contribution in [0.4, 0.5) is 8.78 Å².